The van der Waals surface area contributed by atoms with Crippen molar-refractivity contribution in [3.8, 4) is 0 Å². The molecule has 4 heteroatoms. The van der Waals surface area contributed by atoms with Gasteiger partial charge < -0.3 is 15.0 Å². The minimum Gasteiger partial charge on any atom is -0.445 e. The van der Waals surface area contributed by atoms with Gasteiger partial charge in [0.1, 0.15) is 6.61 Å². The molecule has 92 valence electrons. The Morgan fingerprint density at radius 2 is 2.24 bits per heavy atom. The molecule has 1 heterocycles. The highest BCUT2D eigenvalue weighted by molar-refractivity contribution is 5.67. The Morgan fingerprint density at radius 3 is 2.88 bits per heavy atom. The maximum Gasteiger partial charge on any atom is 0.407 e. The standard InChI is InChI=1S/C13H18N2O2/c1-15-8-7-12(9-15)14-13(16)17-10-11-5-3-2-4-6-11/h2-6,12H,7-10H2,1H3,(H,14,16). The van der Waals surface area contributed by atoms with Crippen LogP contribution >= 0.6 is 0 Å². The zero-order chi connectivity index (χ0) is 12.1. The third-order valence-corrected chi connectivity index (χ3v) is 2.93. The fourth-order valence-corrected chi connectivity index (χ4v) is 1.98. The van der Waals surface area contributed by atoms with Crippen LogP contribution < -0.4 is 5.32 Å². The summed E-state index contributed by atoms with van der Waals surface area (Å²) >= 11 is 0. The zero-order valence-corrected chi connectivity index (χ0v) is 10.1. The first-order valence-electron chi connectivity index (χ1n) is 5.90. The number of rotatable bonds is 3. The van der Waals surface area contributed by atoms with Crippen molar-refractivity contribution in [3.05, 3.63) is 35.9 Å². The molecule has 1 aliphatic heterocycles. The lowest BCUT2D eigenvalue weighted by molar-refractivity contribution is 0.136. The van der Waals surface area contributed by atoms with Gasteiger partial charge in [-0.25, -0.2) is 4.79 Å². The highest BCUT2D eigenvalue weighted by atomic mass is 16.5. The molecular formula is C13H18N2O2. The summed E-state index contributed by atoms with van der Waals surface area (Å²) in [6.07, 6.45) is 0.672. The number of nitrogens with zero attached hydrogens (tertiary/aromatic N) is 1. The van der Waals surface area contributed by atoms with Crippen LogP contribution in [0.1, 0.15) is 12.0 Å². The van der Waals surface area contributed by atoms with Gasteiger partial charge in [0.15, 0.2) is 0 Å². The lowest BCUT2D eigenvalue weighted by Crippen LogP contribution is -2.36. The number of benzene rings is 1. The summed E-state index contributed by atoms with van der Waals surface area (Å²) in [6, 6.07) is 9.92. The van der Waals surface area contributed by atoms with Crippen molar-refractivity contribution in [2.45, 2.75) is 19.1 Å². The van der Waals surface area contributed by atoms with Crippen LogP contribution in [0.5, 0.6) is 0 Å². The first-order chi connectivity index (χ1) is 8.24. The topological polar surface area (TPSA) is 41.6 Å². The van der Waals surface area contributed by atoms with Gasteiger partial charge in [-0.05, 0) is 25.6 Å². The van der Waals surface area contributed by atoms with Gasteiger partial charge >= 0.3 is 6.09 Å². The maximum absolute atomic E-state index is 11.5. The first-order valence-corrected chi connectivity index (χ1v) is 5.90. The third kappa shape index (κ3) is 3.75. The van der Waals surface area contributed by atoms with Gasteiger partial charge in [-0.15, -0.1) is 0 Å². The van der Waals surface area contributed by atoms with Gasteiger partial charge in [0.05, 0.1) is 0 Å². The second-order valence-electron chi connectivity index (χ2n) is 4.45. The predicted octanol–water partition coefficient (Wildman–Crippen LogP) is 1.62. The number of nitrogens with one attached hydrogen (secondary N) is 1. The van der Waals surface area contributed by atoms with E-state index in [1.807, 2.05) is 30.3 Å². The average Bonchev–Trinajstić information content (AvgIpc) is 2.73. The van der Waals surface area contributed by atoms with Crippen molar-refractivity contribution in [1.29, 1.82) is 0 Å². The van der Waals surface area contributed by atoms with Gasteiger partial charge in [-0.3, -0.25) is 0 Å². The van der Waals surface area contributed by atoms with E-state index >= 15 is 0 Å². The number of ether oxygens (including phenoxy) is 1. The SMILES string of the molecule is CN1CCC(NC(=O)OCc2ccccc2)C1. The Balaban J connectivity index is 1.71. The molecular weight excluding hydrogens is 216 g/mol. The Hall–Kier alpha value is -1.55. The third-order valence-electron chi connectivity index (χ3n) is 2.93. The molecule has 17 heavy (non-hydrogen) atoms. The Bertz CT molecular complexity index is 367. The Morgan fingerprint density at radius 1 is 1.47 bits per heavy atom. The average molecular weight is 234 g/mol. The number of hydrogen-bond acceptors (Lipinski definition) is 3. The van der Waals surface area contributed by atoms with Crippen LogP contribution in [0, 0.1) is 0 Å². The molecule has 1 aliphatic rings. The number of carbonyl (C=O) groups excluding carboxylic acids is 1. The van der Waals surface area contributed by atoms with Crippen molar-refractivity contribution < 1.29 is 9.53 Å². The lowest BCUT2D eigenvalue weighted by atomic mass is 10.2. The number of alkyl carbamates (subject to hydrolysis) is 1. The molecule has 0 aromatic heterocycles. The molecule has 0 spiro atoms. The van der Waals surface area contributed by atoms with Crippen LogP contribution in [0.3, 0.4) is 0 Å². The monoisotopic (exact) mass is 234 g/mol. The van der Waals surface area contributed by atoms with Crippen LogP contribution in [0.4, 0.5) is 4.79 Å². The van der Waals surface area contributed by atoms with Crippen molar-refractivity contribution in [2.24, 2.45) is 0 Å². The molecule has 0 saturated carbocycles. The Labute approximate surface area is 102 Å². The van der Waals surface area contributed by atoms with E-state index in [1.54, 1.807) is 0 Å². The van der Waals surface area contributed by atoms with Crippen molar-refractivity contribution >= 4 is 6.09 Å². The maximum atomic E-state index is 11.5. The molecule has 2 rings (SSSR count). The molecule has 1 N–H and O–H groups in total. The van der Waals surface area contributed by atoms with E-state index in [0.717, 1.165) is 25.1 Å². The van der Waals surface area contributed by atoms with Crippen molar-refractivity contribution in [3.63, 3.8) is 0 Å². The van der Waals surface area contributed by atoms with Gasteiger partial charge in [-0.1, -0.05) is 30.3 Å². The van der Waals surface area contributed by atoms with Crippen molar-refractivity contribution in [2.75, 3.05) is 20.1 Å². The summed E-state index contributed by atoms with van der Waals surface area (Å²) in [6.45, 7) is 2.26. The molecule has 0 radical (unpaired) electrons. The fraction of sp³-hybridized carbons (Fsp3) is 0.462. The van der Waals surface area contributed by atoms with E-state index in [4.69, 9.17) is 4.74 Å². The zero-order valence-electron chi connectivity index (χ0n) is 10.1. The van der Waals surface area contributed by atoms with Crippen molar-refractivity contribution in [1.82, 2.24) is 10.2 Å². The normalized spacial score (nSPS) is 20.2. The summed E-state index contributed by atoms with van der Waals surface area (Å²) < 4.78 is 5.16. The van der Waals surface area contributed by atoms with E-state index in [1.165, 1.54) is 0 Å². The van der Waals surface area contributed by atoms with E-state index in [2.05, 4.69) is 17.3 Å². The molecule has 1 saturated heterocycles. The van der Waals surface area contributed by atoms with Gasteiger partial charge in [-0.2, -0.15) is 0 Å². The molecule has 4 nitrogen and oxygen atoms in total. The number of amides is 1. The van der Waals surface area contributed by atoms with E-state index in [0.29, 0.717) is 6.61 Å². The van der Waals surface area contributed by atoms with E-state index in [9.17, 15) is 4.79 Å². The second-order valence-corrected chi connectivity index (χ2v) is 4.45. The minimum absolute atomic E-state index is 0.225. The summed E-state index contributed by atoms with van der Waals surface area (Å²) in [5.41, 5.74) is 1.01. The lowest BCUT2D eigenvalue weighted by Gasteiger charge is -2.12. The Kier molecular flexibility index (Phi) is 3.98. The molecule has 1 amide bonds. The van der Waals surface area contributed by atoms with Crippen LogP contribution in [0.25, 0.3) is 0 Å². The van der Waals surface area contributed by atoms with Gasteiger partial charge in [0.25, 0.3) is 0 Å². The number of likely N-dealkylation sites (N-methyl/N-ethyl adjacent to an activating group) is 1. The second kappa shape index (κ2) is 5.68. The summed E-state index contributed by atoms with van der Waals surface area (Å²) in [5, 5.41) is 2.88. The first kappa shape index (κ1) is 11.9. The number of hydrogen-bond donors (Lipinski definition) is 1. The van der Waals surface area contributed by atoms with E-state index < -0.39 is 0 Å². The predicted molar refractivity (Wildman–Crippen MR) is 65.7 cm³/mol. The summed E-state index contributed by atoms with van der Waals surface area (Å²) in [5.74, 6) is 0. The smallest absolute Gasteiger partial charge is 0.407 e. The highest BCUT2D eigenvalue weighted by Crippen LogP contribution is 2.07. The van der Waals surface area contributed by atoms with E-state index in [-0.39, 0.29) is 12.1 Å². The number of likely N-dealkylation sites (tertiary alicyclic amines) is 1. The van der Waals surface area contributed by atoms with Crippen LogP contribution in [-0.4, -0.2) is 37.2 Å². The molecule has 1 atom stereocenters. The van der Waals surface area contributed by atoms with Gasteiger partial charge in [0, 0.05) is 12.6 Å². The largest absolute Gasteiger partial charge is 0.445 e. The molecule has 1 aromatic rings. The fourth-order valence-electron chi connectivity index (χ4n) is 1.98. The molecule has 1 fully saturated rings. The van der Waals surface area contributed by atoms with Crippen LogP contribution in [0.2, 0.25) is 0 Å². The quantitative estimate of drug-likeness (QED) is 0.864. The molecule has 1 aromatic carbocycles. The summed E-state index contributed by atoms with van der Waals surface area (Å²) in [7, 11) is 2.05. The van der Waals surface area contributed by atoms with Gasteiger partial charge in [0.2, 0.25) is 0 Å². The molecule has 1 unspecified atom stereocenters. The van der Waals surface area contributed by atoms with Crippen LogP contribution in [-0.2, 0) is 11.3 Å². The number of carbonyl (C=O) groups is 1. The molecule has 0 aliphatic carbocycles. The highest BCUT2D eigenvalue weighted by Gasteiger charge is 2.21. The minimum atomic E-state index is -0.325. The summed E-state index contributed by atoms with van der Waals surface area (Å²) in [4.78, 5) is 13.7. The van der Waals surface area contributed by atoms with Crippen LogP contribution in [0.15, 0.2) is 30.3 Å². The molecule has 0 bridgehead atoms.